The van der Waals surface area contributed by atoms with Gasteiger partial charge in [-0.2, -0.15) is 0 Å². The fourth-order valence-corrected chi connectivity index (χ4v) is 1.70. The summed E-state index contributed by atoms with van der Waals surface area (Å²) in [6.07, 6.45) is 1.70. The number of anilines is 1. The number of likely N-dealkylation sites (N-methyl/N-ethyl adjacent to an activating group) is 1. The maximum Gasteiger partial charge on any atom is 0.250 e. The summed E-state index contributed by atoms with van der Waals surface area (Å²) in [5, 5.41) is 0. The molecule has 0 fully saturated rings. The molecule has 1 rings (SSSR count). The molecule has 0 amide bonds. The number of rotatable bonds is 5. The fourth-order valence-electron chi connectivity index (χ4n) is 1.70. The molecule has 0 radical (unpaired) electrons. The zero-order valence-electron chi connectivity index (χ0n) is 11.2. The van der Waals surface area contributed by atoms with E-state index in [0.29, 0.717) is 24.2 Å². The van der Waals surface area contributed by atoms with Crippen LogP contribution in [0.2, 0.25) is 0 Å². The molecule has 4 nitrogen and oxygen atoms in total. The number of nitrogen functional groups attached to an aromatic ring is 1. The van der Waals surface area contributed by atoms with Crippen LogP contribution < -0.4 is 11.3 Å². The standard InChI is InChI=1S/C13H23N3O/c1-10(2)11(3)15(4)7-8-16-9-12(14)5-6-13(16)17/h5-6,9-11H,7-8,14H2,1-4H3. The first kappa shape index (κ1) is 13.8. The Morgan fingerprint density at radius 3 is 2.59 bits per heavy atom. The second-order valence-electron chi connectivity index (χ2n) is 4.96. The van der Waals surface area contributed by atoms with Crippen LogP contribution >= 0.6 is 0 Å². The van der Waals surface area contributed by atoms with E-state index in [1.165, 1.54) is 6.07 Å². The molecule has 0 saturated heterocycles. The van der Waals surface area contributed by atoms with Gasteiger partial charge in [-0.05, 0) is 26.0 Å². The van der Waals surface area contributed by atoms with Crippen LogP contribution in [0.5, 0.6) is 0 Å². The molecule has 17 heavy (non-hydrogen) atoms. The van der Waals surface area contributed by atoms with Crippen LogP contribution in [0.15, 0.2) is 23.1 Å². The Kier molecular flexibility index (Phi) is 4.75. The van der Waals surface area contributed by atoms with Gasteiger partial charge in [-0.25, -0.2) is 0 Å². The van der Waals surface area contributed by atoms with E-state index in [0.717, 1.165) is 6.54 Å². The van der Waals surface area contributed by atoms with Crippen LogP contribution in [0, 0.1) is 5.92 Å². The van der Waals surface area contributed by atoms with Gasteiger partial charge in [0.1, 0.15) is 0 Å². The van der Waals surface area contributed by atoms with Crippen LogP contribution in [0.25, 0.3) is 0 Å². The van der Waals surface area contributed by atoms with Crippen molar-refractivity contribution in [2.24, 2.45) is 5.92 Å². The molecule has 1 heterocycles. The van der Waals surface area contributed by atoms with E-state index in [9.17, 15) is 4.79 Å². The highest BCUT2D eigenvalue weighted by Crippen LogP contribution is 2.07. The van der Waals surface area contributed by atoms with Gasteiger partial charge in [0.25, 0.3) is 5.56 Å². The van der Waals surface area contributed by atoms with Gasteiger partial charge in [0.2, 0.25) is 0 Å². The van der Waals surface area contributed by atoms with E-state index in [1.54, 1.807) is 16.8 Å². The summed E-state index contributed by atoms with van der Waals surface area (Å²) in [6, 6.07) is 3.66. The lowest BCUT2D eigenvalue weighted by atomic mass is 10.1. The first-order valence-electron chi connectivity index (χ1n) is 6.08. The minimum absolute atomic E-state index is 0.00444. The summed E-state index contributed by atoms with van der Waals surface area (Å²) < 4.78 is 1.67. The van der Waals surface area contributed by atoms with Crippen molar-refractivity contribution in [1.29, 1.82) is 0 Å². The van der Waals surface area contributed by atoms with Crippen LogP contribution in [-0.2, 0) is 6.54 Å². The molecule has 1 unspecified atom stereocenters. The molecular weight excluding hydrogens is 214 g/mol. The highest BCUT2D eigenvalue weighted by atomic mass is 16.1. The zero-order chi connectivity index (χ0) is 13.0. The van der Waals surface area contributed by atoms with Crippen molar-refractivity contribution >= 4 is 5.69 Å². The molecule has 0 aliphatic heterocycles. The van der Waals surface area contributed by atoms with E-state index in [-0.39, 0.29) is 5.56 Å². The van der Waals surface area contributed by atoms with Crippen molar-refractivity contribution in [2.75, 3.05) is 19.3 Å². The molecular formula is C13H23N3O. The molecule has 4 heteroatoms. The minimum atomic E-state index is 0.00444. The third-order valence-electron chi connectivity index (χ3n) is 3.36. The van der Waals surface area contributed by atoms with Gasteiger partial charge in [0.05, 0.1) is 0 Å². The summed E-state index contributed by atoms with van der Waals surface area (Å²) in [7, 11) is 2.09. The molecule has 96 valence electrons. The summed E-state index contributed by atoms with van der Waals surface area (Å²) in [5.74, 6) is 0.609. The summed E-state index contributed by atoms with van der Waals surface area (Å²) in [4.78, 5) is 13.8. The Hall–Kier alpha value is -1.29. The Morgan fingerprint density at radius 2 is 2.00 bits per heavy atom. The van der Waals surface area contributed by atoms with Crippen molar-refractivity contribution in [2.45, 2.75) is 33.4 Å². The third kappa shape index (κ3) is 3.89. The van der Waals surface area contributed by atoms with Crippen molar-refractivity contribution < 1.29 is 0 Å². The van der Waals surface area contributed by atoms with Crippen LogP contribution in [0.3, 0.4) is 0 Å². The molecule has 1 aromatic heterocycles. The van der Waals surface area contributed by atoms with Gasteiger partial charge in [0, 0.05) is 37.1 Å². The smallest absolute Gasteiger partial charge is 0.250 e. The van der Waals surface area contributed by atoms with Gasteiger partial charge in [0.15, 0.2) is 0 Å². The largest absolute Gasteiger partial charge is 0.398 e. The number of hydrogen-bond donors (Lipinski definition) is 1. The van der Waals surface area contributed by atoms with Gasteiger partial charge in [-0.1, -0.05) is 13.8 Å². The highest BCUT2D eigenvalue weighted by molar-refractivity contribution is 5.33. The SMILES string of the molecule is CC(C)C(C)N(C)CCn1cc(N)ccc1=O. The summed E-state index contributed by atoms with van der Waals surface area (Å²) in [6.45, 7) is 8.13. The molecule has 0 bridgehead atoms. The molecule has 1 atom stereocenters. The zero-order valence-corrected chi connectivity index (χ0v) is 11.2. The fraction of sp³-hybridized carbons (Fsp3) is 0.615. The van der Waals surface area contributed by atoms with E-state index in [1.807, 2.05) is 0 Å². The molecule has 0 aliphatic rings. The number of hydrogen-bond acceptors (Lipinski definition) is 3. The van der Waals surface area contributed by atoms with Gasteiger partial charge in [-0.3, -0.25) is 4.79 Å². The van der Waals surface area contributed by atoms with Crippen molar-refractivity contribution in [1.82, 2.24) is 9.47 Å². The van der Waals surface area contributed by atoms with Gasteiger partial charge in [-0.15, -0.1) is 0 Å². The Morgan fingerprint density at radius 1 is 1.35 bits per heavy atom. The van der Waals surface area contributed by atoms with E-state index in [4.69, 9.17) is 5.73 Å². The number of aromatic nitrogens is 1. The van der Waals surface area contributed by atoms with Crippen molar-refractivity contribution in [3.05, 3.63) is 28.7 Å². The van der Waals surface area contributed by atoms with E-state index >= 15 is 0 Å². The van der Waals surface area contributed by atoms with Crippen LogP contribution in [-0.4, -0.2) is 29.1 Å². The molecule has 0 aromatic carbocycles. The maximum absolute atomic E-state index is 11.6. The Labute approximate surface area is 103 Å². The van der Waals surface area contributed by atoms with Crippen LogP contribution in [0.1, 0.15) is 20.8 Å². The average molecular weight is 237 g/mol. The first-order chi connectivity index (χ1) is 7.91. The Balaban J connectivity index is 2.61. The summed E-state index contributed by atoms with van der Waals surface area (Å²) >= 11 is 0. The van der Waals surface area contributed by atoms with Crippen molar-refractivity contribution in [3.8, 4) is 0 Å². The van der Waals surface area contributed by atoms with Gasteiger partial charge >= 0.3 is 0 Å². The van der Waals surface area contributed by atoms with Crippen molar-refractivity contribution in [3.63, 3.8) is 0 Å². The first-order valence-corrected chi connectivity index (χ1v) is 6.08. The minimum Gasteiger partial charge on any atom is -0.398 e. The topological polar surface area (TPSA) is 51.3 Å². The molecule has 0 spiro atoms. The molecule has 2 N–H and O–H groups in total. The third-order valence-corrected chi connectivity index (χ3v) is 3.36. The monoisotopic (exact) mass is 237 g/mol. The van der Waals surface area contributed by atoms with Gasteiger partial charge < -0.3 is 15.2 Å². The lowest BCUT2D eigenvalue weighted by Gasteiger charge is -2.27. The quantitative estimate of drug-likeness (QED) is 0.842. The number of nitrogens with zero attached hydrogens (tertiary/aromatic N) is 2. The van der Waals surface area contributed by atoms with E-state index in [2.05, 4.69) is 32.7 Å². The molecule has 1 aromatic rings. The van der Waals surface area contributed by atoms with E-state index < -0.39 is 0 Å². The predicted octanol–water partition coefficient (Wildman–Crippen LogP) is 1.41. The second kappa shape index (κ2) is 5.87. The summed E-state index contributed by atoms with van der Waals surface area (Å²) in [5.41, 5.74) is 6.30. The normalized spacial score (nSPS) is 13.3. The highest BCUT2D eigenvalue weighted by Gasteiger charge is 2.12. The second-order valence-corrected chi connectivity index (χ2v) is 4.96. The number of nitrogens with two attached hydrogens (primary N) is 1. The van der Waals surface area contributed by atoms with Crippen LogP contribution in [0.4, 0.5) is 5.69 Å². The predicted molar refractivity (Wildman–Crippen MR) is 72.0 cm³/mol. The number of pyridine rings is 1. The molecule has 0 saturated carbocycles. The lowest BCUT2D eigenvalue weighted by Crippen LogP contribution is -2.36. The molecule has 0 aliphatic carbocycles. The Bertz CT molecular complexity index is 411. The maximum atomic E-state index is 11.6. The lowest BCUT2D eigenvalue weighted by molar-refractivity contribution is 0.200. The average Bonchev–Trinajstić information content (AvgIpc) is 2.28.